The molecule has 0 bridgehead atoms. The lowest BCUT2D eigenvalue weighted by Crippen LogP contribution is -2.34. The van der Waals surface area contributed by atoms with E-state index < -0.39 is 0 Å². The first kappa shape index (κ1) is 14.6. The lowest BCUT2D eigenvalue weighted by Gasteiger charge is -2.31. The molecule has 2 heterocycles. The Balaban J connectivity index is 1.79. The third-order valence-corrected chi connectivity index (χ3v) is 4.00. The number of piperidine rings is 1. The molecule has 1 fully saturated rings. The number of para-hydroxylation sites is 2. The number of anilines is 3. The van der Waals surface area contributed by atoms with Crippen LogP contribution >= 0.6 is 0 Å². The van der Waals surface area contributed by atoms with Crippen LogP contribution in [0.3, 0.4) is 0 Å². The van der Waals surface area contributed by atoms with Crippen LogP contribution in [0, 0.1) is 5.92 Å². The van der Waals surface area contributed by atoms with Crippen LogP contribution in [0.4, 0.5) is 17.3 Å². The highest BCUT2D eigenvalue weighted by Gasteiger charge is 2.18. The van der Waals surface area contributed by atoms with Gasteiger partial charge in [0, 0.05) is 19.2 Å². The average molecular weight is 298 g/mol. The first-order chi connectivity index (χ1) is 10.8. The predicted octanol–water partition coefficient (Wildman–Crippen LogP) is 3.47. The second-order valence-electron chi connectivity index (χ2n) is 5.78. The summed E-state index contributed by atoms with van der Waals surface area (Å²) in [4.78, 5) is 11.1. The van der Waals surface area contributed by atoms with Crippen LogP contribution in [0.15, 0.2) is 36.7 Å². The average Bonchev–Trinajstić information content (AvgIpc) is 2.56. The van der Waals surface area contributed by atoms with E-state index >= 15 is 0 Å². The molecule has 2 aromatic rings. The molecule has 0 amide bonds. The maximum absolute atomic E-state index is 5.36. The topological polar surface area (TPSA) is 50.3 Å². The maximum atomic E-state index is 5.36. The molecular formula is C17H22N4O. The normalized spacial score (nSPS) is 18.1. The number of methoxy groups -OCH3 is 1. The van der Waals surface area contributed by atoms with E-state index in [1.807, 2.05) is 30.3 Å². The van der Waals surface area contributed by atoms with Gasteiger partial charge in [-0.3, -0.25) is 0 Å². The minimum atomic E-state index is 0.717. The first-order valence-corrected chi connectivity index (χ1v) is 7.73. The molecule has 0 saturated carbocycles. The van der Waals surface area contributed by atoms with Gasteiger partial charge in [-0.1, -0.05) is 19.1 Å². The van der Waals surface area contributed by atoms with Crippen molar-refractivity contribution < 1.29 is 4.74 Å². The van der Waals surface area contributed by atoms with Crippen molar-refractivity contribution in [3.05, 3.63) is 36.7 Å². The second kappa shape index (κ2) is 6.64. The van der Waals surface area contributed by atoms with Crippen molar-refractivity contribution in [2.75, 3.05) is 30.4 Å². The summed E-state index contributed by atoms with van der Waals surface area (Å²) in [6.45, 7) is 4.42. The molecule has 1 aliphatic rings. The third-order valence-electron chi connectivity index (χ3n) is 4.00. The van der Waals surface area contributed by atoms with Crippen LogP contribution in [-0.4, -0.2) is 30.2 Å². The molecule has 1 aromatic carbocycles. The molecule has 1 aromatic heterocycles. The number of benzene rings is 1. The fraction of sp³-hybridized carbons (Fsp3) is 0.412. The van der Waals surface area contributed by atoms with Gasteiger partial charge < -0.3 is 15.0 Å². The molecule has 116 valence electrons. The smallest absolute Gasteiger partial charge is 0.142 e. The highest BCUT2D eigenvalue weighted by atomic mass is 16.5. The van der Waals surface area contributed by atoms with Crippen LogP contribution in [-0.2, 0) is 0 Å². The van der Waals surface area contributed by atoms with Crippen LogP contribution in [0.2, 0.25) is 0 Å². The predicted molar refractivity (Wildman–Crippen MR) is 88.9 cm³/mol. The Morgan fingerprint density at radius 2 is 2.14 bits per heavy atom. The Kier molecular flexibility index (Phi) is 4.42. The molecule has 0 spiro atoms. The molecule has 3 rings (SSSR count). The van der Waals surface area contributed by atoms with Gasteiger partial charge in [-0.05, 0) is 30.9 Å². The van der Waals surface area contributed by atoms with Gasteiger partial charge in [0.05, 0.1) is 12.8 Å². The third kappa shape index (κ3) is 3.30. The minimum absolute atomic E-state index is 0.717. The van der Waals surface area contributed by atoms with Crippen molar-refractivity contribution in [3.63, 3.8) is 0 Å². The number of hydrogen-bond donors (Lipinski definition) is 1. The quantitative estimate of drug-likeness (QED) is 0.936. The summed E-state index contributed by atoms with van der Waals surface area (Å²) in [5.41, 5.74) is 0.904. The summed E-state index contributed by atoms with van der Waals surface area (Å²) in [5, 5.41) is 3.31. The van der Waals surface area contributed by atoms with E-state index in [-0.39, 0.29) is 0 Å². The molecule has 1 atom stereocenters. The number of nitrogens with one attached hydrogen (secondary N) is 1. The summed E-state index contributed by atoms with van der Waals surface area (Å²) in [6.07, 6.45) is 4.14. The zero-order valence-electron chi connectivity index (χ0n) is 13.1. The van der Waals surface area contributed by atoms with Crippen molar-refractivity contribution >= 4 is 17.3 Å². The van der Waals surface area contributed by atoms with Crippen molar-refractivity contribution in [2.45, 2.75) is 19.8 Å². The standard InChI is InChI=1S/C17H22N4O/c1-13-6-5-9-21(11-13)17-10-16(18-12-19-17)20-14-7-3-4-8-15(14)22-2/h3-4,7-8,10,12-13H,5-6,9,11H2,1-2H3,(H,18,19,20). The monoisotopic (exact) mass is 298 g/mol. The molecule has 1 N–H and O–H groups in total. The van der Waals surface area contributed by atoms with Crippen molar-refractivity contribution in [1.82, 2.24) is 9.97 Å². The Morgan fingerprint density at radius 1 is 1.27 bits per heavy atom. The summed E-state index contributed by atoms with van der Waals surface area (Å²) >= 11 is 0. The van der Waals surface area contributed by atoms with E-state index in [1.54, 1.807) is 13.4 Å². The molecule has 1 saturated heterocycles. The highest BCUT2D eigenvalue weighted by molar-refractivity contribution is 5.65. The van der Waals surface area contributed by atoms with E-state index in [2.05, 4.69) is 27.1 Å². The van der Waals surface area contributed by atoms with Gasteiger partial charge in [0.15, 0.2) is 0 Å². The van der Waals surface area contributed by atoms with Crippen LogP contribution < -0.4 is 15.0 Å². The molecule has 5 heteroatoms. The van der Waals surface area contributed by atoms with E-state index in [1.165, 1.54) is 12.8 Å². The lowest BCUT2D eigenvalue weighted by atomic mass is 10.0. The van der Waals surface area contributed by atoms with Crippen molar-refractivity contribution in [1.29, 1.82) is 0 Å². The van der Waals surface area contributed by atoms with Crippen LogP contribution in [0.5, 0.6) is 5.75 Å². The van der Waals surface area contributed by atoms with Gasteiger partial charge >= 0.3 is 0 Å². The fourth-order valence-electron chi connectivity index (χ4n) is 2.87. The van der Waals surface area contributed by atoms with Gasteiger partial charge in [0.1, 0.15) is 23.7 Å². The van der Waals surface area contributed by atoms with E-state index in [9.17, 15) is 0 Å². The molecule has 22 heavy (non-hydrogen) atoms. The number of ether oxygens (including phenoxy) is 1. The highest BCUT2D eigenvalue weighted by Crippen LogP contribution is 2.28. The minimum Gasteiger partial charge on any atom is -0.495 e. The molecular weight excluding hydrogens is 276 g/mol. The van der Waals surface area contributed by atoms with E-state index in [4.69, 9.17) is 4.74 Å². The Labute approximate surface area is 131 Å². The second-order valence-corrected chi connectivity index (χ2v) is 5.78. The van der Waals surface area contributed by atoms with Crippen molar-refractivity contribution in [3.8, 4) is 5.75 Å². The van der Waals surface area contributed by atoms with Gasteiger partial charge in [-0.2, -0.15) is 0 Å². The number of hydrogen-bond acceptors (Lipinski definition) is 5. The lowest BCUT2D eigenvalue weighted by molar-refractivity contribution is 0.417. The molecule has 0 radical (unpaired) electrons. The van der Waals surface area contributed by atoms with Gasteiger partial charge in [-0.25, -0.2) is 9.97 Å². The molecule has 0 aliphatic carbocycles. The molecule has 1 aliphatic heterocycles. The summed E-state index contributed by atoms with van der Waals surface area (Å²) in [6, 6.07) is 9.83. The Hall–Kier alpha value is -2.30. The van der Waals surface area contributed by atoms with Gasteiger partial charge in [-0.15, -0.1) is 0 Å². The van der Waals surface area contributed by atoms with Gasteiger partial charge in [0.25, 0.3) is 0 Å². The number of nitrogens with zero attached hydrogens (tertiary/aromatic N) is 3. The van der Waals surface area contributed by atoms with Crippen molar-refractivity contribution in [2.24, 2.45) is 5.92 Å². The van der Waals surface area contributed by atoms with Crippen LogP contribution in [0.1, 0.15) is 19.8 Å². The molecule has 5 nitrogen and oxygen atoms in total. The zero-order chi connectivity index (χ0) is 15.4. The van der Waals surface area contributed by atoms with Crippen LogP contribution in [0.25, 0.3) is 0 Å². The summed E-state index contributed by atoms with van der Waals surface area (Å²) < 4.78 is 5.36. The zero-order valence-corrected chi connectivity index (χ0v) is 13.1. The molecule has 1 unspecified atom stereocenters. The van der Waals surface area contributed by atoms with E-state index in [0.29, 0.717) is 5.92 Å². The fourth-order valence-corrected chi connectivity index (χ4v) is 2.87. The SMILES string of the molecule is COc1ccccc1Nc1cc(N2CCCC(C)C2)ncn1. The maximum Gasteiger partial charge on any atom is 0.142 e. The Bertz CT molecular complexity index is 632. The Morgan fingerprint density at radius 3 is 2.95 bits per heavy atom. The summed E-state index contributed by atoms with van der Waals surface area (Å²) in [5.74, 6) is 3.29. The number of aromatic nitrogens is 2. The summed E-state index contributed by atoms with van der Waals surface area (Å²) in [7, 11) is 1.67. The van der Waals surface area contributed by atoms with Gasteiger partial charge in [0.2, 0.25) is 0 Å². The first-order valence-electron chi connectivity index (χ1n) is 7.73. The van der Waals surface area contributed by atoms with E-state index in [0.717, 1.165) is 36.2 Å². The number of rotatable bonds is 4. The largest absolute Gasteiger partial charge is 0.495 e.